The number of carbonyl (C=O) groups is 1. The van der Waals surface area contributed by atoms with Gasteiger partial charge in [0.1, 0.15) is 5.56 Å². The molecule has 0 radical (unpaired) electrons. The number of hydrogen-bond donors (Lipinski definition) is 2. The van der Waals surface area contributed by atoms with Crippen LogP contribution in [-0.4, -0.2) is 40.4 Å². The van der Waals surface area contributed by atoms with Gasteiger partial charge in [0, 0.05) is 25.5 Å². The fourth-order valence-electron chi connectivity index (χ4n) is 2.10. The van der Waals surface area contributed by atoms with E-state index in [-0.39, 0.29) is 11.5 Å². The van der Waals surface area contributed by atoms with Gasteiger partial charge in [-0.25, -0.2) is 4.79 Å². The molecule has 0 aromatic carbocycles. The monoisotopic (exact) mass is 236 g/mol. The number of carboxylic acids is 1. The molecule has 0 amide bonds. The van der Waals surface area contributed by atoms with Crippen LogP contribution in [0.1, 0.15) is 23.7 Å². The van der Waals surface area contributed by atoms with Crippen molar-refractivity contribution in [1.29, 1.82) is 0 Å². The summed E-state index contributed by atoms with van der Waals surface area (Å²) in [6, 6.07) is 1.69. The third-order valence-electron chi connectivity index (χ3n) is 3.29. The molecule has 1 saturated heterocycles. The molecule has 0 bridgehead atoms. The van der Waals surface area contributed by atoms with Gasteiger partial charge in [0.15, 0.2) is 0 Å². The summed E-state index contributed by atoms with van der Waals surface area (Å²) in [5.41, 5.74) is 0.827. The number of hydrogen-bond acceptors (Lipinski definition) is 4. The second-order valence-electron chi connectivity index (χ2n) is 4.48. The first kappa shape index (κ1) is 11.9. The Morgan fingerprint density at radius 3 is 3.00 bits per heavy atom. The topological polar surface area (TPSA) is 73.7 Å². The summed E-state index contributed by atoms with van der Waals surface area (Å²) >= 11 is 0. The number of aliphatic hydroxyl groups excluding tert-OH is 1. The van der Waals surface area contributed by atoms with Crippen molar-refractivity contribution in [3.05, 3.63) is 24.0 Å². The highest BCUT2D eigenvalue weighted by Gasteiger charge is 2.26. The lowest BCUT2D eigenvalue weighted by atomic mass is 9.95. The minimum Gasteiger partial charge on any atom is -0.478 e. The number of anilines is 1. The largest absolute Gasteiger partial charge is 0.478 e. The predicted molar refractivity (Wildman–Crippen MR) is 63.2 cm³/mol. The van der Waals surface area contributed by atoms with E-state index in [1.54, 1.807) is 12.3 Å². The molecular weight excluding hydrogens is 220 g/mol. The Kier molecular flexibility index (Phi) is 3.28. The van der Waals surface area contributed by atoms with Crippen molar-refractivity contribution in [2.75, 3.05) is 18.0 Å². The van der Waals surface area contributed by atoms with E-state index in [9.17, 15) is 9.90 Å². The smallest absolute Gasteiger partial charge is 0.339 e. The average Bonchev–Trinajstić information content (AvgIpc) is 2.32. The molecule has 1 aliphatic rings. The highest BCUT2D eigenvalue weighted by atomic mass is 16.4. The Labute approximate surface area is 99.7 Å². The SMILES string of the molecule is CC1CCN(c2ccncc2C(=O)O)CC1O. The van der Waals surface area contributed by atoms with Crippen LogP contribution >= 0.6 is 0 Å². The molecule has 5 heteroatoms. The Morgan fingerprint density at radius 2 is 2.35 bits per heavy atom. The molecule has 2 atom stereocenters. The molecule has 2 heterocycles. The molecular formula is C12H16N2O3. The lowest BCUT2D eigenvalue weighted by molar-refractivity contribution is 0.0695. The highest BCUT2D eigenvalue weighted by Crippen LogP contribution is 2.25. The Bertz CT molecular complexity index is 422. The fraction of sp³-hybridized carbons (Fsp3) is 0.500. The number of aromatic carboxylic acids is 1. The number of β-amino-alcohol motifs (C(OH)–C–C–N with tert-alkyl or cyclic N) is 1. The molecule has 2 rings (SSSR count). The zero-order valence-corrected chi connectivity index (χ0v) is 9.71. The van der Waals surface area contributed by atoms with Crippen LogP contribution in [0.25, 0.3) is 0 Å². The summed E-state index contributed by atoms with van der Waals surface area (Å²) < 4.78 is 0. The van der Waals surface area contributed by atoms with E-state index in [0.717, 1.165) is 13.0 Å². The summed E-state index contributed by atoms with van der Waals surface area (Å²) in [7, 11) is 0. The van der Waals surface area contributed by atoms with Gasteiger partial charge in [0.2, 0.25) is 0 Å². The van der Waals surface area contributed by atoms with E-state index < -0.39 is 12.1 Å². The Morgan fingerprint density at radius 1 is 1.59 bits per heavy atom. The maximum absolute atomic E-state index is 11.1. The van der Waals surface area contributed by atoms with Gasteiger partial charge in [0.25, 0.3) is 0 Å². The van der Waals surface area contributed by atoms with Crippen molar-refractivity contribution in [1.82, 2.24) is 4.98 Å². The fourth-order valence-corrected chi connectivity index (χ4v) is 2.10. The molecule has 5 nitrogen and oxygen atoms in total. The Balaban J connectivity index is 2.25. The second kappa shape index (κ2) is 4.71. The standard InChI is InChI=1S/C12H16N2O3/c1-8-3-5-14(7-11(8)15)10-2-4-13-6-9(10)12(16)17/h2,4,6,8,11,15H,3,5,7H2,1H3,(H,16,17). The molecule has 2 N–H and O–H groups in total. The van der Waals surface area contributed by atoms with Crippen LogP contribution in [0.2, 0.25) is 0 Å². The van der Waals surface area contributed by atoms with Crippen molar-refractivity contribution in [2.45, 2.75) is 19.4 Å². The minimum absolute atomic E-state index is 0.189. The molecule has 0 aliphatic carbocycles. The third kappa shape index (κ3) is 2.39. The summed E-state index contributed by atoms with van der Waals surface area (Å²) in [6.45, 7) is 3.25. The van der Waals surface area contributed by atoms with Gasteiger partial charge in [-0.15, -0.1) is 0 Å². The van der Waals surface area contributed by atoms with Crippen molar-refractivity contribution in [3.8, 4) is 0 Å². The lowest BCUT2D eigenvalue weighted by Gasteiger charge is -2.36. The molecule has 92 valence electrons. The van der Waals surface area contributed by atoms with Crippen LogP contribution in [0, 0.1) is 5.92 Å². The van der Waals surface area contributed by atoms with Gasteiger partial charge in [-0.2, -0.15) is 0 Å². The number of carboxylic acid groups (broad SMARTS) is 1. The highest BCUT2D eigenvalue weighted by molar-refractivity contribution is 5.94. The van der Waals surface area contributed by atoms with Crippen molar-refractivity contribution >= 4 is 11.7 Å². The molecule has 1 aliphatic heterocycles. The number of piperidine rings is 1. The zero-order chi connectivity index (χ0) is 12.4. The second-order valence-corrected chi connectivity index (χ2v) is 4.48. The Hall–Kier alpha value is -1.62. The number of pyridine rings is 1. The van der Waals surface area contributed by atoms with Gasteiger partial charge < -0.3 is 15.1 Å². The van der Waals surface area contributed by atoms with Gasteiger partial charge in [-0.3, -0.25) is 4.98 Å². The van der Waals surface area contributed by atoms with Gasteiger partial charge in [0.05, 0.1) is 11.8 Å². The molecule has 0 saturated carbocycles. The summed E-state index contributed by atoms with van der Waals surface area (Å²) in [5.74, 6) is -0.720. The molecule has 1 aromatic rings. The van der Waals surface area contributed by atoms with Gasteiger partial charge in [-0.05, 0) is 18.4 Å². The molecule has 1 aromatic heterocycles. The van der Waals surface area contributed by atoms with Crippen LogP contribution in [0.15, 0.2) is 18.5 Å². The first-order valence-corrected chi connectivity index (χ1v) is 5.70. The number of rotatable bonds is 2. The first-order chi connectivity index (χ1) is 8.09. The van der Waals surface area contributed by atoms with E-state index >= 15 is 0 Å². The molecule has 17 heavy (non-hydrogen) atoms. The van der Waals surface area contributed by atoms with E-state index in [4.69, 9.17) is 5.11 Å². The van der Waals surface area contributed by atoms with Crippen LogP contribution < -0.4 is 4.90 Å². The summed E-state index contributed by atoms with van der Waals surface area (Å²) in [5, 5.41) is 18.9. The lowest BCUT2D eigenvalue weighted by Crippen LogP contribution is -2.43. The first-order valence-electron chi connectivity index (χ1n) is 5.70. The quantitative estimate of drug-likeness (QED) is 0.801. The van der Waals surface area contributed by atoms with E-state index in [2.05, 4.69) is 4.98 Å². The maximum atomic E-state index is 11.1. The zero-order valence-electron chi connectivity index (χ0n) is 9.71. The average molecular weight is 236 g/mol. The summed E-state index contributed by atoms with van der Waals surface area (Å²) in [4.78, 5) is 16.8. The predicted octanol–water partition coefficient (Wildman–Crippen LogP) is 0.987. The van der Waals surface area contributed by atoms with Crippen LogP contribution in [-0.2, 0) is 0 Å². The molecule has 0 spiro atoms. The van der Waals surface area contributed by atoms with Gasteiger partial charge in [-0.1, -0.05) is 6.92 Å². The van der Waals surface area contributed by atoms with Crippen molar-refractivity contribution < 1.29 is 15.0 Å². The van der Waals surface area contributed by atoms with E-state index in [0.29, 0.717) is 12.2 Å². The number of aliphatic hydroxyl groups is 1. The molecule has 1 fully saturated rings. The van der Waals surface area contributed by atoms with Crippen LogP contribution in [0.4, 0.5) is 5.69 Å². The number of nitrogens with zero attached hydrogens (tertiary/aromatic N) is 2. The van der Waals surface area contributed by atoms with E-state index in [1.807, 2.05) is 11.8 Å². The van der Waals surface area contributed by atoms with Crippen LogP contribution in [0.3, 0.4) is 0 Å². The van der Waals surface area contributed by atoms with Crippen molar-refractivity contribution in [2.24, 2.45) is 5.92 Å². The normalized spacial score (nSPS) is 24.7. The third-order valence-corrected chi connectivity index (χ3v) is 3.29. The summed E-state index contributed by atoms with van der Waals surface area (Å²) in [6.07, 6.45) is 3.38. The van der Waals surface area contributed by atoms with Crippen molar-refractivity contribution in [3.63, 3.8) is 0 Å². The number of aromatic nitrogens is 1. The minimum atomic E-state index is -0.985. The maximum Gasteiger partial charge on any atom is 0.339 e. The molecule has 2 unspecified atom stereocenters. The van der Waals surface area contributed by atoms with E-state index in [1.165, 1.54) is 6.20 Å². The van der Waals surface area contributed by atoms with Gasteiger partial charge >= 0.3 is 5.97 Å². The van der Waals surface area contributed by atoms with Crippen LogP contribution in [0.5, 0.6) is 0 Å².